The molecule has 0 fully saturated rings. The van der Waals surface area contributed by atoms with Gasteiger partial charge < -0.3 is 14.2 Å². The molecule has 0 aliphatic heterocycles. The number of aromatic nitrogens is 2. The van der Waals surface area contributed by atoms with Crippen LogP contribution in [-0.2, 0) is 24.5 Å². The van der Waals surface area contributed by atoms with Gasteiger partial charge in [0.05, 0.1) is 17.6 Å². The van der Waals surface area contributed by atoms with Crippen LogP contribution in [0.4, 0.5) is 0 Å². The molecule has 0 saturated heterocycles. The van der Waals surface area contributed by atoms with Gasteiger partial charge in [-0.3, -0.25) is 4.79 Å². The Hall–Kier alpha value is -3.12. The highest BCUT2D eigenvalue weighted by Gasteiger charge is 2.17. The number of likely N-dealkylation sites (N-methyl/N-ethyl adjacent to an activating group) is 1. The smallest absolute Gasteiger partial charge is 0.242 e. The molecule has 0 radical (unpaired) electrons. The molecular weight excluding hydrogens is 382 g/mol. The average molecular weight is 406 g/mol. The second kappa shape index (κ2) is 8.49. The number of rotatable bonds is 7. The van der Waals surface area contributed by atoms with Crippen molar-refractivity contribution in [2.75, 3.05) is 7.05 Å². The molecule has 0 unspecified atom stereocenters. The van der Waals surface area contributed by atoms with Gasteiger partial charge >= 0.3 is 0 Å². The van der Waals surface area contributed by atoms with Crippen LogP contribution in [-0.4, -0.2) is 27.4 Å². The normalized spacial score (nSPS) is 11.0. The average Bonchev–Trinajstić information content (AvgIpc) is 3.35. The molecule has 2 heterocycles. The lowest BCUT2D eigenvalue weighted by atomic mass is 10.2. The van der Waals surface area contributed by atoms with E-state index >= 15 is 0 Å². The van der Waals surface area contributed by atoms with Crippen molar-refractivity contribution in [3.05, 3.63) is 82.3 Å². The molecule has 5 nitrogen and oxygen atoms in total. The number of aryl methyl sites for hydroxylation is 1. The summed E-state index contributed by atoms with van der Waals surface area (Å²) < 4.78 is 7.89. The molecular formula is C23H23N3O2S. The topological polar surface area (TPSA) is 47.4 Å². The Balaban J connectivity index is 1.54. The number of thiophene rings is 1. The Morgan fingerprint density at radius 1 is 1.10 bits per heavy atom. The minimum atomic E-state index is 0.0399. The zero-order valence-corrected chi connectivity index (χ0v) is 17.4. The number of fused-ring (bicyclic) bond motifs is 1. The van der Waals surface area contributed by atoms with E-state index < -0.39 is 0 Å². The van der Waals surface area contributed by atoms with Gasteiger partial charge in [0.2, 0.25) is 5.91 Å². The standard InChI is InChI=1S/C23H23N3O2S/c1-17-9-11-18(12-10-17)28-16-22-24-20-7-3-4-8-21(20)26(22)15-23(27)25(2)14-19-6-5-13-29-19/h3-13H,14-16H2,1-2H3. The number of ether oxygens (including phenoxy) is 1. The third-order valence-corrected chi connectivity index (χ3v) is 5.68. The number of hydrogen-bond acceptors (Lipinski definition) is 4. The summed E-state index contributed by atoms with van der Waals surface area (Å²) in [6, 6.07) is 19.8. The van der Waals surface area contributed by atoms with Crippen molar-refractivity contribution < 1.29 is 9.53 Å². The number of amides is 1. The number of imidazole rings is 1. The Morgan fingerprint density at radius 3 is 2.66 bits per heavy atom. The van der Waals surface area contributed by atoms with Crippen LogP contribution in [0.1, 0.15) is 16.3 Å². The van der Waals surface area contributed by atoms with Crippen molar-refractivity contribution >= 4 is 28.3 Å². The van der Waals surface area contributed by atoms with Crippen molar-refractivity contribution in [3.63, 3.8) is 0 Å². The van der Waals surface area contributed by atoms with Gasteiger partial charge in [-0.1, -0.05) is 35.9 Å². The lowest BCUT2D eigenvalue weighted by molar-refractivity contribution is -0.131. The van der Waals surface area contributed by atoms with Crippen LogP contribution in [0.2, 0.25) is 0 Å². The van der Waals surface area contributed by atoms with Crippen LogP contribution in [0.3, 0.4) is 0 Å². The molecule has 0 spiro atoms. The number of hydrogen-bond donors (Lipinski definition) is 0. The lowest BCUT2D eigenvalue weighted by Gasteiger charge is -2.18. The maximum atomic E-state index is 12.9. The third-order valence-electron chi connectivity index (χ3n) is 4.81. The van der Waals surface area contributed by atoms with E-state index in [1.54, 1.807) is 16.2 Å². The lowest BCUT2D eigenvalue weighted by Crippen LogP contribution is -2.30. The second-order valence-electron chi connectivity index (χ2n) is 7.03. The van der Waals surface area contributed by atoms with Crippen molar-refractivity contribution in [1.82, 2.24) is 14.5 Å². The van der Waals surface area contributed by atoms with Crippen molar-refractivity contribution in [3.8, 4) is 5.75 Å². The fourth-order valence-electron chi connectivity index (χ4n) is 3.17. The van der Waals surface area contributed by atoms with Crippen LogP contribution in [0.5, 0.6) is 5.75 Å². The number of para-hydroxylation sites is 2. The molecule has 0 bridgehead atoms. The van der Waals surface area contributed by atoms with Crippen LogP contribution >= 0.6 is 11.3 Å². The zero-order valence-electron chi connectivity index (χ0n) is 16.5. The van der Waals surface area contributed by atoms with Gasteiger partial charge in [0.15, 0.2) is 0 Å². The highest BCUT2D eigenvalue weighted by molar-refractivity contribution is 7.09. The van der Waals surface area contributed by atoms with Gasteiger partial charge in [0.25, 0.3) is 0 Å². The van der Waals surface area contributed by atoms with E-state index in [1.807, 2.05) is 84.6 Å². The summed E-state index contributed by atoms with van der Waals surface area (Å²) in [5, 5.41) is 2.03. The zero-order chi connectivity index (χ0) is 20.2. The Morgan fingerprint density at radius 2 is 1.90 bits per heavy atom. The number of nitrogens with zero attached hydrogens (tertiary/aromatic N) is 3. The summed E-state index contributed by atoms with van der Waals surface area (Å²) in [6.07, 6.45) is 0. The number of carbonyl (C=O) groups is 1. The molecule has 2 aromatic heterocycles. The fraction of sp³-hybridized carbons (Fsp3) is 0.217. The molecule has 148 valence electrons. The first-order valence-electron chi connectivity index (χ1n) is 9.50. The first-order valence-corrected chi connectivity index (χ1v) is 10.4. The summed E-state index contributed by atoms with van der Waals surface area (Å²) in [6.45, 7) is 3.19. The van der Waals surface area contributed by atoms with Crippen molar-refractivity contribution in [2.24, 2.45) is 0 Å². The van der Waals surface area contributed by atoms with E-state index in [4.69, 9.17) is 9.72 Å². The van der Waals surface area contributed by atoms with E-state index in [9.17, 15) is 4.79 Å². The van der Waals surface area contributed by atoms with Crippen LogP contribution < -0.4 is 4.74 Å². The van der Waals surface area contributed by atoms with E-state index in [0.29, 0.717) is 13.2 Å². The Bertz CT molecular complexity index is 1100. The highest BCUT2D eigenvalue weighted by atomic mass is 32.1. The largest absolute Gasteiger partial charge is 0.486 e. The third kappa shape index (κ3) is 4.49. The molecule has 1 amide bonds. The molecule has 2 aromatic carbocycles. The summed E-state index contributed by atoms with van der Waals surface area (Å²) in [5.41, 5.74) is 2.99. The van der Waals surface area contributed by atoms with Gasteiger partial charge in [0, 0.05) is 11.9 Å². The number of benzene rings is 2. The predicted octanol–water partition coefficient (Wildman–Crippen LogP) is 4.64. The monoisotopic (exact) mass is 405 g/mol. The minimum Gasteiger partial charge on any atom is -0.486 e. The summed E-state index contributed by atoms with van der Waals surface area (Å²) in [4.78, 5) is 20.5. The SMILES string of the molecule is Cc1ccc(OCc2nc3ccccc3n2CC(=O)N(C)Cc2cccs2)cc1. The van der Waals surface area contributed by atoms with Gasteiger partial charge in [0.1, 0.15) is 24.7 Å². The first-order chi connectivity index (χ1) is 14.1. The second-order valence-corrected chi connectivity index (χ2v) is 8.07. The Labute approximate surface area is 174 Å². The summed E-state index contributed by atoms with van der Waals surface area (Å²) in [5.74, 6) is 1.57. The summed E-state index contributed by atoms with van der Waals surface area (Å²) >= 11 is 1.66. The quantitative estimate of drug-likeness (QED) is 0.450. The molecule has 0 aliphatic rings. The van der Waals surface area contributed by atoms with E-state index in [0.717, 1.165) is 22.6 Å². The predicted molar refractivity (Wildman–Crippen MR) is 116 cm³/mol. The van der Waals surface area contributed by atoms with Gasteiger partial charge in [-0.2, -0.15) is 0 Å². The van der Waals surface area contributed by atoms with E-state index in [-0.39, 0.29) is 12.5 Å². The number of carbonyl (C=O) groups excluding carboxylic acids is 1. The molecule has 0 atom stereocenters. The molecule has 0 N–H and O–H groups in total. The fourth-order valence-corrected chi connectivity index (χ4v) is 3.93. The molecule has 0 aliphatic carbocycles. The van der Waals surface area contributed by atoms with E-state index in [2.05, 4.69) is 0 Å². The van der Waals surface area contributed by atoms with Gasteiger partial charge in [-0.05, 0) is 42.6 Å². The van der Waals surface area contributed by atoms with E-state index in [1.165, 1.54) is 10.4 Å². The van der Waals surface area contributed by atoms with Crippen molar-refractivity contribution in [1.29, 1.82) is 0 Å². The molecule has 4 rings (SSSR count). The molecule has 29 heavy (non-hydrogen) atoms. The van der Waals surface area contributed by atoms with Gasteiger partial charge in [-0.15, -0.1) is 11.3 Å². The molecule has 4 aromatic rings. The van der Waals surface area contributed by atoms with Crippen molar-refractivity contribution in [2.45, 2.75) is 26.6 Å². The summed E-state index contributed by atoms with van der Waals surface area (Å²) in [7, 11) is 1.84. The molecule has 0 saturated carbocycles. The maximum Gasteiger partial charge on any atom is 0.242 e. The first kappa shape index (κ1) is 19.2. The van der Waals surface area contributed by atoms with Crippen LogP contribution in [0.15, 0.2) is 66.0 Å². The van der Waals surface area contributed by atoms with Gasteiger partial charge in [-0.25, -0.2) is 4.98 Å². The van der Waals surface area contributed by atoms with Crippen LogP contribution in [0.25, 0.3) is 11.0 Å². The molecule has 6 heteroatoms. The minimum absolute atomic E-state index is 0.0399. The van der Waals surface area contributed by atoms with Crippen LogP contribution in [0, 0.1) is 6.92 Å². The Kier molecular flexibility index (Phi) is 5.62. The maximum absolute atomic E-state index is 12.9. The highest BCUT2D eigenvalue weighted by Crippen LogP contribution is 2.19.